The van der Waals surface area contributed by atoms with Crippen molar-refractivity contribution in [1.29, 1.82) is 0 Å². The fraction of sp³-hybridized carbons (Fsp3) is 0.467. The van der Waals surface area contributed by atoms with E-state index in [4.69, 9.17) is 0 Å². The average molecular weight is 523 g/mol. The Kier molecular flexibility index (Phi) is 13.0. The molecule has 2 aromatic rings. The molecule has 0 atom stereocenters. The lowest BCUT2D eigenvalue weighted by Crippen LogP contribution is -2.13. The van der Waals surface area contributed by atoms with Crippen LogP contribution in [0.25, 0.3) is 0 Å². The molecule has 4 amide bonds. The van der Waals surface area contributed by atoms with Crippen molar-refractivity contribution in [1.82, 2.24) is 0 Å². The molecule has 206 valence electrons. The maximum absolute atomic E-state index is 12.3. The van der Waals surface area contributed by atoms with Gasteiger partial charge in [-0.2, -0.15) is 0 Å². The standard InChI is InChI=1S/C30H42N4O4/c1-5-27(35)33-25-19-23(17-15-21(25)3)31-29(37)13-11-9-7-8-10-12-14-30(38)32-24-18-16-22(4)26(20-24)34-28(36)6-2/h15-20H,5-14H2,1-4H3,(H,31,37)(H,32,38)(H,33,35)(H,34,36). The smallest absolute Gasteiger partial charge is 0.224 e. The molecular weight excluding hydrogens is 480 g/mol. The molecule has 0 saturated carbocycles. The Morgan fingerprint density at radius 2 is 0.895 bits per heavy atom. The molecule has 0 heterocycles. The fourth-order valence-corrected chi connectivity index (χ4v) is 3.87. The predicted molar refractivity (Wildman–Crippen MR) is 154 cm³/mol. The van der Waals surface area contributed by atoms with Crippen LogP contribution >= 0.6 is 0 Å². The number of aryl methyl sites for hydroxylation is 2. The third-order valence-corrected chi connectivity index (χ3v) is 6.29. The third-order valence-electron chi connectivity index (χ3n) is 6.29. The van der Waals surface area contributed by atoms with E-state index in [1.54, 1.807) is 26.0 Å². The van der Waals surface area contributed by atoms with Gasteiger partial charge in [0.25, 0.3) is 0 Å². The van der Waals surface area contributed by atoms with E-state index < -0.39 is 0 Å². The number of nitrogens with one attached hydrogen (secondary N) is 4. The van der Waals surface area contributed by atoms with Gasteiger partial charge in [-0.15, -0.1) is 0 Å². The molecule has 8 heteroatoms. The van der Waals surface area contributed by atoms with E-state index in [1.807, 2.05) is 38.1 Å². The van der Waals surface area contributed by atoms with Crippen molar-refractivity contribution >= 4 is 46.4 Å². The van der Waals surface area contributed by atoms with Crippen LogP contribution in [-0.2, 0) is 19.2 Å². The van der Waals surface area contributed by atoms with Gasteiger partial charge in [-0.25, -0.2) is 0 Å². The Labute approximate surface area is 226 Å². The molecule has 0 spiro atoms. The summed E-state index contributed by atoms with van der Waals surface area (Å²) in [7, 11) is 0. The Bertz CT molecular complexity index is 1030. The van der Waals surface area contributed by atoms with Crippen molar-refractivity contribution in [2.75, 3.05) is 21.3 Å². The van der Waals surface area contributed by atoms with E-state index in [1.165, 1.54) is 0 Å². The largest absolute Gasteiger partial charge is 0.326 e. The molecule has 2 aromatic carbocycles. The summed E-state index contributed by atoms with van der Waals surface area (Å²) in [4.78, 5) is 47.9. The zero-order valence-corrected chi connectivity index (χ0v) is 23.2. The maximum Gasteiger partial charge on any atom is 0.224 e. The minimum absolute atomic E-state index is 0.0354. The van der Waals surface area contributed by atoms with Crippen LogP contribution in [0.3, 0.4) is 0 Å². The molecule has 0 bridgehead atoms. The number of amides is 4. The highest BCUT2D eigenvalue weighted by Crippen LogP contribution is 2.22. The maximum atomic E-state index is 12.3. The van der Waals surface area contributed by atoms with Crippen LogP contribution in [0, 0.1) is 13.8 Å². The lowest BCUT2D eigenvalue weighted by Gasteiger charge is -2.11. The predicted octanol–water partition coefficient (Wildman–Crippen LogP) is 6.70. The summed E-state index contributed by atoms with van der Waals surface area (Å²) in [5.41, 5.74) is 4.68. The first-order valence-corrected chi connectivity index (χ1v) is 13.6. The van der Waals surface area contributed by atoms with Gasteiger partial charge in [-0.05, 0) is 62.1 Å². The van der Waals surface area contributed by atoms with Gasteiger partial charge in [0.2, 0.25) is 23.6 Å². The van der Waals surface area contributed by atoms with Gasteiger partial charge in [-0.1, -0.05) is 51.7 Å². The van der Waals surface area contributed by atoms with Gasteiger partial charge >= 0.3 is 0 Å². The lowest BCUT2D eigenvalue weighted by atomic mass is 10.1. The summed E-state index contributed by atoms with van der Waals surface area (Å²) >= 11 is 0. The van der Waals surface area contributed by atoms with E-state index in [0.29, 0.717) is 48.4 Å². The molecule has 0 unspecified atom stereocenters. The molecule has 38 heavy (non-hydrogen) atoms. The molecule has 8 nitrogen and oxygen atoms in total. The van der Waals surface area contributed by atoms with Crippen LogP contribution in [0.2, 0.25) is 0 Å². The Morgan fingerprint density at radius 3 is 1.26 bits per heavy atom. The molecular formula is C30H42N4O4. The monoisotopic (exact) mass is 522 g/mol. The van der Waals surface area contributed by atoms with E-state index in [2.05, 4.69) is 21.3 Å². The summed E-state index contributed by atoms with van der Waals surface area (Å²) in [6, 6.07) is 11.0. The number of benzene rings is 2. The van der Waals surface area contributed by atoms with Crippen molar-refractivity contribution in [3.05, 3.63) is 47.5 Å². The van der Waals surface area contributed by atoms with Gasteiger partial charge in [0.1, 0.15) is 0 Å². The highest BCUT2D eigenvalue weighted by atomic mass is 16.2. The second-order valence-corrected chi connectivity index (χ2v) is 9.58. The van der Waals surface area contributed by atoms with Gasteiger partial charge in [0.05, 0.1) is 0 Å². The molecule has 0 aliphatic rings. The number of carbonyl (C=O) groups excluding carboxylic acids is 4. The first-order chi connectivity index (χ1) is 18.2. The van der Waals surface area contributed by atoms with Gasteiger partial charge in [0, 0.05) is 48.4 Å². The zero-order valence-electron chi connectivity index (χ0n) is 23.2. The fourth-order valence-electron chi connectivity index (χ4n) is 3.87. The van der Waals surface area contributed by atoms with Crippen LogP contribution in [0.4, 0.5) is 22.7 Å². The van der Waals surface area contributed by atoms with Gasteiger partial charge in [-0.3, -0.25) is 19.2 Å². The molecule has 0 radical (unpaired) electrons. The van der Waals surface area contributed by atoms with Crippen molar-refractivity contribution in [3.63, 3.8) is 0 Å². The Hall–Kier alpha value is -3.68. The minimum atomic E-state index is -0.0591. The van der Waals surface area contributed by atoms with Gasteiger partial charge < -0.3 is 21.3 Å². The second kappa shape index (κ2) is 16.2. The molecule has 0 aromatic heterocycles. The Balaban J connectivity index is 1.59. The molecule has 2 rings (SSSR count). The van der Waals surface area contributed by atoms with E-state index >= 15 is 0 Å². The highest BCUT2D eigenvalue weighted by molar-refractivity contribution is 5.95. The second-order valence-electron chi connectivity index (χ2n) is 9.58. The Morgan fingerprint density at radius 1 is 0.526 bits per heavy atom. The summed E-state index contributed by atoms with van der Waals surface area (Å²) in [5.74, 6) is -0.189. The van der Waals surface area contributed by atoms with Gasteiger partial charge in [0.15, 0.2) is 0 Å². The number of rotatable bonds is 15. The van der Waals surface area contributed by atoms with Crippen LogP contribution < -0.4 is 21.3 Å². The number of anilines is 4. The molecule has 4 N–H and O–H groups in total. The van der Waals surface area contributed by atoms with Crippen LogP contribution in [0.15, 0.2) is 36.4 Å². The molecule has 0 aliphatic carbocycles. The van der Waals surface area contributed by atoms with E-state index in [0.717, 1.165) is 49.7 Å². The van der Waals surface area contributed by atoms with Crippen LogP contribution in [0.1, 0.15) is 89.2 Å². The summed E-state index contributed by atoms with van der Waals surface area (Å²) in [5, 5.41) is 11.5. The number of carbonyl (C=O) groups is 4. The first-order valence-electron chi connectivity index (χ1n) is 13.6. The average Bonchev–Trinajstić information content (AvgIpc) is 2.89. The van der Waals surface area contributed by atoms with Crippen molar-refractivity contribution < 1.29 is 19.2 Å². The number of hydrogen-bond donors (Lipinski definition) is 4. The van der Waals surface area contributed by atoms with E-state index in [-0.39, 0.29) is 23.6 Å². The van der Waals surface area contributed by atoms with Crippen molar-refractivity contribution in [2.45, 2.75) is 91.9 Å². The lowest BCUT2D eigenvalue weighted by molar-refractivity contribution is -0.117. The van der Waals surface area contributed by atoms with E-state index in [9.17, 15) is 19.2 Å². The summed E-state index contributed by atoms with van der Waals surface area (Å²) < 4.78 is 0. The quantitative estimate of drug-likeness (QED) is 0.195. The SMILES string of the molecule is CCC(=O)Nc1cc(NC(=O)CCCCCCCCC(=O)Nc2ccc(C)c(NC(=O)CC)c2)ccc1C. The minimum Gasteiger partial charge on any atom is -0.326 e. The third kappa shape index (κ3) is 11.2. The molecule has 0 aliphatic heterocycles. The summed E-state index contributed by atoms with van der Waals surface area (Å²) in [6.45, 7) is 7.43. The highest BCUT2D eigenvalue weighted by Gasteiger charge is 2.09. The zero-order chi connectivity index (χ0) is 27.9. The molecule has 0 saturated heterocycles. The summed E-state index contributed by atoms with van der Waals surface area (Å²) in [6.07, 6.45) is 7.27. The van der Waals surface area contributed by atoms with Crippen molar-refractivity contribution in [2.24, 2.45) is 0 Å². The van der Waals surface area contributed by atoms with Crippen molar-refractivity contribution in [3.8, 4) is 0 Å². The molecule has 0 fully saturated rings. The van der Waals surface area contributed by atoms with Crippen LogP contribution in [0.5, 0.6) is 0 Å². The number of hydrogen-bond acceptors (Lipinski definition) is 4. The topological polar surface area (TPSA) is 116 Å². The number of unbranched alkanes of at least 4 members (excludes halogenated alkanes) is 5. The first kappa shape index (κ1) is 30.5. The normalized spacial score (nSPS) is 10.5. The van der Waals surface area contributed by atoms with Crippen LogP contribution in [-0.4, -0.2) is 23.6 Å².